The molecule has 0 aliphatic rings. The zero-order valence-corrected chi connectivity index (χ0v) is 7.34. The Morgan fingerprint density at radius 2 is 2.43 bits per heavy atom. The number of aromatic nitrogens is 3. The Morgan fingerprint density at radius 3 is 2.93 bits per heavy atom. The van der Waals surface area contributed by atoms with E-state index in [4.69, 9.17) is 9.52 Å². The van der Waals surface area contributed by atoms with Crippen LogP contribution in [0.4, 0.5) is 0 Å². The average Bonchev–Trinajstić information content (AvgIpc) is 2.71. The Kier molecular flexibility index (Phi) is 1.81. The highest BCUT2D eigenvalue weighted by Crippen LogP contribution is 2.09. The van der Waals surface area contributed by atoms with Crippen LogP contribution in [0.5, 0.6) is 0 Å². The molecule has 0 aliphatic carbocycles. The molecule has 0 aromatic carbocycles. The first-order valence-corrected chi connectivity index (χ1v) is 3.87. The van der Waals surface area contributed by atoms with Crippen LogP contribution >= 0.6 is 0 Å². The molecule has 0 saturated heterocycles. The van der Waals surface area contributed by atoms with Gasteiger partial charge in [-0.05, 0) is 6.92 Å². The fraction of sp³-hybridized carbons (Fsp3) is 0.125. The number of hydrogen-bond acceptors (Lipinski definition) is 4. The second-order valence-corrected chi connectivity index (χ2v) is 2.66. The highest BCUT2D eigenvalue weighted by Gasteiger charge is 2.12. The summed E-state index contributed by atoms with van der Waals surface area (Å²) in [6.45, 7) is 1.77. The quantitative estimate of drug-likeness (QED) is 0.765. The average molecular weight is 193 g/mol. The third kappa shape index (κ3) is 1.26. The van der Waals surface area contributed by atoms with E-state index in [1.807, 2.05) is 0 Å². The van der Waals surface area contributed by atoms with Crippen LogP contribution in [-0.2, 0) is 0 Å². The maximum Gasteiger partial charge on any atom is 0.357 e. The lowest BCUT2D eigenvalue weighted by Crippen LogP contribution is -1.99. The molecule has 0 amide bonds. The molecule has 0 saturated carbocycles. The summed E-state index contributed by atoms with van der Waals surface area (Å²) in [4.78, 5) is 18.3. The molecule has 2 rings (SSSR count). The lowest BCUT2D eigenvalue weighted by atomic mass is 10.5. The minimum absolute atomic E-state index is 0.117. The maximum absolute atomic E-state index is 10.5. The lowest BCUT2D eigenvalue weighted by molar-refractivity contribution is 0.0690. The predicted molar refractivity (Wildman–Crippen MR) is 45.3 cm³/mol. The number of hydrogen-bond donors (Lipinski definition) is 1. The molecule has 6 heteroatoms. The van der Waals surface area contributed by atoms with Gasteiger partial charge in [0.15, 0.2) is 5.69 Å². The molecule has 0 fully saturated rings. The third-order valence-corrected chi connectivity index (χ3v) is 1.74. The molecule has 0 radical (unpaired) electrons. The van der Waals surface area contributed by atoms with Crippen LogP contribution in [0.25, 0.3) is 6.01 Å². The molecular formula is C8H7N3O3. The van der Waals surface area contributed by atoms with Crippen molar-refractivity contribution in [2.24, 2.45) is 0 Å². The molecule has 14 heavy (non-hydrogen) atoms. The van der Waals surface area contributed by atoms with Gasteiger partial charge in [-0.3, -0.25) is 4.57 Å². The number of oxazole rings is 1. The van der Waals surface area contributed by atoms with Crippen LogP contribution in [0.3, 0.4) is 0 Å². The van der Waals surface area contributed by atoms with Gasteiger partial charge >= 0.3 is 12.0 Å². The van der Waals surface area contributed by atoms with Gasteiger partial charge in [-0.1, -0.05) is 0 Å². The van der Waals surface area contributed by atoms with Crippen molar-refractivity contribution in [3.8, 4) is 6.01 Å². The Labute approximate surface area is 78.8 Å². The minimum Gasteiger partial charge on any atom is -0.476 e. The van der Waals surface area contributed by atoms with E-state index in [9.17, 15) is 4.79 Å². The Hall–Kier alpha value is -2.11. The summed E-state index contributed by atoms with van der Waals surface area (Å²) in [5.41, 5.74) is -0.117. The maximum atomic E-state index is 10.5. The molecule has 2 aromatic rings. The Bertz CT molecular complexity index is 472. The van der Waals surface area contributed by atoms with E-state index in [1.54, 1.807) is 23.9 Å². The van der Waals surface area contributed by atoms with Gasteiger partial charge in [0, 0.05) is 12.4 Å². The van der Waals surface area contributed by atoms with Crippen molar-refractivity contribution in [2.45, 2.75) is 6.92 Å². The van der Waals surface area contributed by atoms with Gasteiger partial charge in [-0.15, -0.1) is 0 Å². The molecule has 0 atom stereocenters. The van der Waals surface area contributed by atoms with Gasteiger partial charge in [-0.2, -0.15) is 4.98 Å². The van der Waals surface area contributed by atoms with Gasteiger partial charge < -0.3 is 9.52 Å². The summed E-state index contributed by atoms with van der Waals surface area (Å²) in [5.74, 6) is -0.429. The number of carboxylic acid groups (broad SMARTS) is 1. The number of imidazole rings is 1. The first kappa shape index (κ1) is 8.49. The smallest absolute Gasteiger partial charge is 0.357 e. The molecule has 1 N–H and O–H groups in total. The van der Waals surface area contributed by atoms with Crippen LogP contribution in [0.15, 0.2) is 23.1 Å². The summed E-state index contributed by atoms with van der Waals surface area (Å²) in [6.07, 6.45) is 4.32. The molecule has 0 bridgehead atoms. The van der Waals surface area contributed by atoms with Crippen molar-refractivity contribution in [1.29, 1.82) is 0 Å². The number of aryl methyl sites for hydroxylation is 1. The van der Waals surface area contributed by atoms with Crippen LogP contribution in [-0.4, -0.2) is 25.6 Å². The molecule has 0 aliphatic heterocycles. The van der Waals surface area contributed by atoms with Crippen LogP contribution in [0.2, 0.25) is 0 Å². The topological polar surface area (TPSA) is 81.2 Å². The second kappa shape index (κ2) is 2.99. The van der Waals surface area contributed by atoms with Crippen LogP contribution in [0.1, 0.15) is 16.3 Å². The fourth-order valence-corrected chi connectivity index (χ4v) is 1.05. The molecule has 2 aromatic heterocycles. The van der Waals surface area contributed by atoms with E-state index < -0.39 is 5.97 Å². The van der Waals surface area contributed by atoms with Crippen LogP contribution in [0, 0.1) is 6.92 Å². The number of aromatic carboxylic acids is 1. The lowest BCUT2D eigenvalue weighted by Gasteiger charge is -1.95. The second-order valence-electron chi connectivity index (χ2n) is 2.66. The van der Waals surface area contributed by atoms with Gasteiger partial charge in [0.05, 0.1) is 0 Å². The largest absolute Gasteiger partial charge is 0.476 e. The van der Waals surface area contributed by atoms with Gasteiger partial charge in [-0.25, -0.2) is 9.78 Å². The summed E-state index contributed by atoms with van der Waals surface area (Å²) < 4.78 is 6.54. The highest BCUT2D eigenvalue weighted by molar-refractivity contribution is 5.84. The van der Waals surface area contributed by atoms with E-state index in [0.29, 0.717) is 5.82 Å². The summed E-state index contributed by atoms with van der Waals surface area (Å²) in [7, 11) is 0. The molecule has 0 unspecified atom stereocenters. The first-order valence-electron chi connectivity index (χ1n) is 3.87. The van der Waals surface area contributed by atoms with E-state index in [2.05, 4.69) is 9.97 Å². The number of nitrogens with zero attached hydrogens (tertiary/aromatic N) is 3. The van der Waals surface area contributed by atoms with Crippen molar-refractivity contribution in [2.75, 3.05) is 0 Å². The van der Waals surface area contributed by atoms with Gasteiger partial charge in [0.1, 0.15) is 12.1 Å². The molecule has 6 nitrogen and oxygen atoms in total. The summed E-state index contributed by atoms with van der Waals surface area (Å²) in [5, 5.41) is 8.62. The van der Waals surface area contributed by atoms with Crippen molar-refractivity contribution < 1.29 is 14.3 Å². The van der Waals surface area contributed by atoms with E-state index in [-0.39, 0.29) is 11.7 Å². The number of carboxylic acids is 1. The summed E-state index contributed by atoms with van der Waals surface area (Å²) >= 11 is 0. The van der Waals surface area contributed by atoms with Gasteiger partial charge in [0.25, 0.3) is 0 Å². The highest BCUT2D eigenvalue weighted by atomic mass is 16.4. The van der Waals surface area contributed by atoms with Gasteiger partial charge in [0.2, 0.25) is 0 Å². The zero-order valence-electron chi connectivity index (χ0n) is 7.34. The van der Waals surface area contributed by atoms with Crippen molar-refractivity contribution in [3.05, 3.63) is 30.2 Å². The van der Waals surface area contributed by atoms with Crippen molar-refractivity contribution in [1.82, 2.24) is 14.5 Å². The monoisotopic (exact) mass is 193 g/mol. The van der Waals surface area contributed by atoms with E-state index >= 15 is 0 Å². The fourth-order valence-electron chi connectivity index (χ4n) is 1.05. The normalized spacial score (nSPS) is 10.4. The minimum atomic E-state index is -1.11. The Balaban J connectivity index is 2.43. The predicted octanol–water partition coefficient (Wildman–Crippen LogP) is 0.867. The first-order chi connectivity index (χ1) is 6.68. The Morgan fingerprint density at radius 1 is 1.64 bits per heavy atom. The van der Waals surface area contributed by atoms with Crippen molar-refractivity contribution >= 4 is 5.97 Å². The number of rotatable bonds is 2. The SMILES string of the molecule is Cc1nccn1-c1nc(C(=O)O)co1. The molecule has 2 heterocycles. The zero-order chi connectivity index (χ0) is 10.1. The van der Waals surface area contributed by atoms with Crippen LogP contribution < -0.4 is 0 Å². The standard InChI is InChI=1S/C8H7N3O3/c1-5-9-2-3-11(5)8-10-6(4-14-8)7(12)13/h2-4H,1H3,(H,12,13). The van der Waals surface area contributed by atoms with E-state index in [0.717, 1.165) is 6.26 Å². The third-order valence-electron chi connectivity index (χ3n) is 1.74. The van der Waals surface area contributed by atoms with E-state index in [1.165, 1.54) is 0 Å². The molecular weight excluding hydrogens is 186 g/mol. The molecule has 72 valence electrons. The molecule has 0 spiro atoms. The summed E-state index contributed by atoms with van der Waals surface area (Å²) in [6, 6.07) is 0.206. The number of carbonyl (C=O) groups is 1. The van der Waals surface area contributed by atoms with Crippen molar-refractivity contribution in [3.63, 3.8) is 0 Å².